The van der Waals surface area contributed by atoms with Gasteiger partial charge in [0.25, 0.3) is 3.53 Å². The van der Waals surface area contributed by atoms with Crippen LogP contribution < -0.4 is 0 Å². The van der Waals surface area contributed by atoms with Crippen molar-refractivity contribution in [1.82, 2.24) is 0 Å². The van der Waals surface area contributed by atoms with E-state index < -0.39 is 31.6 Å². The Morgan fingerprint density at radius 1 is 1.00 bits per heavy atom. The Hall–Kier alpha value is 1.94. The van der Waals surface area contributed by atoms with Crippen LogP contribution in [0.1, 0.15) is 0 Å². The van der Waals surface area contributed by atoms with Gasteiger partial charge in [-0.25, -0.2) is 0 Å². The molecule has 1 unspecified atom stereocenters. The SMILES string of the molecule is O=C(O)C(Cl)C(Cl)(Cl)C(Cl)Cl.O=P(O)(O)C(Cl)(Cl)Cl. The minimum Gasteiger partial charge on any atom is -0.480 e. The van der Waals surface area contributed by atoms with Gasteiger partial charge < -0.3 is 14.9 Å². The minimum atomic E-state index is -4.55. The summed E-state index contributed by atoms with van der Waals surface area (Å²) < 4.78 is 5.59. The van der Waals surface area contributed by atoms with Gasteiger partial charge in [0.1, 0.15) is 4.84 Å². The molecule has 14 heteroatoms. The Kier molecular flexibility index (Phi) is 10.4. The van der Waals surface area contributed by atoms with Crippen molar-refractivity contribution in [2.24, 2.45) is 0 Å². The molecule has 0 aliphatic rings. The molecule has 19 heavy (non-hydrogen) atoms. The predicted octanol–water partition coefficient (Wildman–Crippen LogP) is 4.15. The molecule has 0 fully saturated rings. The number of hydrogen-bond acceptors (Lipinski definition) is 2. The van der Waals surface area contributed by atoms with Gasteiger partial charge in [-0.1, -0.05) is 58.0 Å². The Bertz CT molecular complexity index is 348. The third-order valence-electron chi connectivity index (χ3n) is 1.18. The Balaban J connectivity index is 0. The second kappa shape index (κ2) is 8.54. The molecule has 0 rings (SSSR count). The maximum atomic E-state index is 10.2. The molecule has 0 aliphatic heterocycles. The molecule has 0 bridgehead atoms. The Morgan fingerprint density at radius 2 is 1.26 bits per heavy atom. The van der Waals surface area contributed by atoms with E-state index in [0.29, 0.717) is 0 Å². The molecule has 3 N–H and O–H groups in total. The number of hydrogen-bond donors (Lipinski definition) is 3. The Morgan fingerprint density at radius 3 is 1.32 bits per heavy atom. The smallest absolute Gasteiger partial charge is 0.376 e. The summed E-state index contributed by atoms with van der Waals surface area (Å²) in [7, 11) is -4.55. The van der Waals surface area contributed by atoms with Crippen molar-refractivity contribution in [1.29, 1.82) is 0 Å². The van der Waals surface area contributed by atoms with E-state index in [-0.39, 0.29) is 0 Å². The summed E-state index contributed by atoms with van der Waals surface area (Å²) in [5, 5.41) is 6.81. The van der Waals surface area contributed by atoms with Crippen molar-refractivity contribution in [3.8, 4) is 0 Å². The molecule has 116 valence electrons. The third-order valence-corrected chi connectivity index (χ3v) is 6.58. The van der Waals surface area contributed by atoms with E-state index in [0.717, 1.165) is 0 Å². The molecule has 0 saturated carbocycles. The quantitative estimate of drug-likeness (QED) is 0.435. The van der Waals surface area contributed by atoms with Gasteiger partial charge in [0.05, 0.1) is 0 Å². The first-order valence-electron chi connectivity index (χ1n) is 3.70. The van der Waals surface area contributed by atoms with Crippen LogP contribution in [0, 0.1) is 0 Å². The van der Waals surface area contributed by atoms with Gasteiger partial charge in [-0.05, 0) is 0 Å². The summed E-state index contributed by atoms with van der Waals surface area (Å²) in [6.45, 7) is 0. The Labute approximate surface area is 148 Å². The van der Waals surface area contributed by atoms with Crippen molar-refractivity contribution < 1.29 is 24.3 Å². The lowest BCUT2D eigenvalue weighted by Gasteiger charge is -2.22. The highest BCUT2D eigenvalue weighted by molar-refractivity contribution is 7.61. The molecule has 0 aromatic rings. The van der Waals surface area contributed by atoms with Crippen LogP contribution in [-0.4, -0.2) is 38.9 Å². The second-order valence-corrected chi connectivity index (χ2v) is 10.5. The van der Waals surface area contributed by atoms with Crippen LogP contribution in [0.4, 0.5) is 0 Å². The maximum absolute atomic E-state index is 10.2. The van der Waals surface area contributed by atoms with E-state index in [1.807, 2.05) is 0 Å². The number of carbonyl (C=O) groups is 1. The van der Waals surface area contributed by atoms with E-state index in [2.05, 4.69) is 0 Å². The lowest BCUT2D eigenvalue weighted by atomic mass is 10.3. The van der Waals surface area contributed by atoms with Crippen LogP contribution in [0.15, 0.2) is 0 Å². The normalized spacial score (nSPS) is 14.7. The monoisotopic (exact) mass is 456 g/mol. The number of carboxylic acid groups (broad SMARTS) is 1. The van der Waals surface area contributed by atoms with Crippen LogP contribution in [0.3, 0.4) is 0 Å². The fourth-order valence-corrected chi connectivity index (χ4v) is 0.969. The topological polar surface area (TPSA) is 94.8 Å². The summed E-state index contributed by atoms with van der Waals surface area (Å²) in [6.07, 6.45) is 0. The van der Waals surface area contributed by atoms with Gasteiger partial charge in [0.2, 0.25) is 0 Å². The zero-order valence-corrected chi connectivity index (χ0v) is 15.2. The first-order chi connectivity index (χ1) is 8.05. The molecule has 0 radical (unpaired) electrons. The lowest BCUT2D eigenvalue weighted by Crippen LogP contribution is -2.38. The molecular weight excluding hydrogens is 455 g/mol. The van der Waals surface area contributed by atoms with Crippen molar-refractivity contribution in [3.05, 3.63) is 0 Å². The van der Waals surface area contributed by atoms with E-state index in [1.54, 1.807) is 0 Å². The average molecular weight is 460 g/mol. The molecule has 0 spiro atoms. The van der Waals surface area contributed by atoms with E-state index in [4.69, 9.17) is 108 Å². The van der Waals surface area contributed by atoms with Crippen LogP contribution in [0.25, 0.3) is 0 Å². The first kappa shape index (κ1) is 23.2. The molecule has 0 saturated heterocycles. The fraction of sp³-hybridized carbons (Fsp3) is 0.800. The van der Waals surface area contributed by atoms with Crippen LogP contribution >= 0.6 is 100 Å². The average Bonchev–Trinajstić information content (AvgIpc) is 2.13. The lowest BCUT2D eigenvalue weighted by molar-refractivity contribution is -0.136. The van der Waals surface area contributed by atoms with Gasteiger partial charge >= 0.3 is 13.6 Å². The van der Waals surface area contributed by atoms with Gasteiger partial charge in [-0.3, -0.25) is 9.36 Å². The number of alkyl halides is 8. The van der Waals surface area contributed by atoms with E-state index in [9.17, 15) is 9.36 Å². The minimum absolute atomic E-state index is 1.26. The standard InChI is InChI=1S/C4H3Cl5O2.CH2Cl3O3P/c5-1(2(10)11)4(8,9)3(6)7;2-1(3,4)8(5,6)7/h1,3H,(H,10,11);(H2,5,6,7). The highest BCUT2D eigenvalue weighted by Crippen LogP contribution is 2.58. The van der Waals surface area contributed by atoms with E-state index in [1.165, 1.54) is 0 Å². The number of rotatable bonds is 3. The summed E-state index contributed by atoms with van der Waals surface area (Å²) in [4.78, 5) is 25.1. The highest BCUT2D eigenvalue weighted by Gasteiger charge is 2.44. The van der Waals surface area contributed by atoms with Crippen LogP contribution in [0.5, 0.6) is 0 Å². The van der Waals surface area contributed by atoms with E-state index >= 15 is 0 Å². The largest absolute Gasteiger partial charge is 0.480 e. The van der Waals surface area contributed by atoms with Gasteiger partial charge in [-0.2, -0.15) is 0 Å². The fourth-order valence-electron chi connectivity index (χ4n) is 0.275. The predicted molar refractivity (Wildman–Crippen MR) is 79.5 cm³/mol. The zero-order chi connectivity index (χ0) is 16.2. The summed E-state index contributed by atoms with van der Waals surface area (Å²) in [5.74, 6) is -1.37. The molecule has 0 heterocycles. The van der Waals surface area contributed by atoms with Crippen molar-refractivity contribution in [3.63, 3.8) is 0 Å². The molecule has 1 atom stereocenters. The third kappa shape index (κ3) is 8.84. The van der Waals surface area contributed by atoms with Gasteiger partial charge in [-0.15, -0.1) is 34.8 Å². The molecule has 0 amide bonds. The second-order valence-electron chi connectivity index (χ2n) is 2.69. The molecule has 0 aromatic heterocycles. The number of aliphatic carboxylic acids is 1. The number of halogens is 8. The van der Waals surface area contributed by atoms with Crippen molar-refractivity contribution >= 4 is 106 Å². The molecular formula is C5H5Cl8O5P. The maximum Gasteiger partial charge on any atom is 0.376 e. The highest BCUT2D eigenvalue weighted by atomic mass is 35.6. The van der Waals surface area contributed by atoms with Crippen LogP contribution in [-0.2, 0) is 9.36 Å². The first-order valence-corrected chi connectivity index (χ1v) is 8.51. The van der Waals surface area contributed by atoms with Crippen LogP contribution in [0.2, 0.25) is 0 Å². The van der Waals surface area contributed by atoms with Gasteiger partial charge in [0.15, 0.2) is 9.71 Å². The zero-order valence-electron chi connectivity index (χ0n) is 8.28. The molecule has 0 aromatic carbocycles. The van der Waals surface area contributed by atoms with Gasteiger partial charge in [0, 0.05) is 0 Å². The summed E-state index contributed by atoms with van der Waals surface area (Å²) >= 11 is 40.9. The molecule has 5 nitrogen and oxygen atoms in total. The summed E-state index contributed by atoms with van der Waals surface area (Å²) in [5.41, 5.74) is 0. The molecule has 0 aliphatic carbocycles. The summed E-state index contributed by atoms with van der Waals surface area (Å²) in [6, 6.07) is 0. The van der Waals surface area contributed by atoms with Crippen molar-refractivity contribution in [2.75, 3.05) is 0 Å². The van der Waals surface area contributed by atoms with Crippen molar-refractivity contribution in [2.45, 2.75) is 18.1 Å². The number of carboxylic acids is 1.